The Kier molecular flexibility index (Phi) is 2.47. The maximum atomic E-state index is 11.0. The molecule has 1 aliphatic rings. The molecule has 0 aliphatic carbocycles. The number of aldehydes is 1. The van der Waals surface area contributed by atoms with E-state index in [9.17, 15) is 4.79 Å². The molecule has 5 heteroatoms. The van der Waals surface area contributed by atoms with E-state index >= 15 is 0 Å². The molecule has 3 aromatic rings. The van der Waals surface area contributed by atoms with Crippen molar-refractivity contribution in [1.82, 2.24) is 9.38 Å². The van der Waals surface area contributed by atoms with Crippen LogP contribution in [0.25, 0.3) is 16.9 Å². The molecule has 0 radical (unpaired) electrons. The maximum Gasteiger partial charge on any atom is 0.231 e. The fraction of sp³-hybridized carbons (Fsp3) is 0.125. The molecule has 0 saturated heterocycles. The van der Waals surface area contributed by atoms with Gasteiger partial charge in [-0.05, 0) is 36.8 Å². The van der Waals surface area contributed by atoms with Crippen molar-refractivity contribution in [3.05, 3.63) is 47.8 Å². The molecule has 2 aromatic heterocycles. The molecule has 1 aromatic carbocycles. The van der Waals surface area contributed by atoms with Crippen molar-refractivity contribution in [1.29, 1.82) is 0 Å². The number of ether oxygens (including phenoxy) is 2. The van der Waals surface area contributed by atoms with Crippen LogP contribution in [-0.2, 0) is 0 Å². The summed E-state index contributed by atoms with van der Waals surface area (Å²) in [7, 11) is 0. The second-order valence-electron chi connectivity index (χ2n) is 4.99. The summed E-state index contributed by atoms with van der Waals surface area (Å²) in [6, 6.07) is 7.64. The summed E-state index contributed by atoms with van der Waals surface area (Å²) < 4.78 is 12.6. The van der Waals surface area contributed by atoms with Gasteiger partial charge in [0.05, 0.1) is 5.69 Å². The maximum absolute atomic E-state index is 11.0. The number of hydrogen-bond acceptors (Lipinski definition) is 4. The summed E-state index contributed by atoms with van der Waals surface area (Å²) in [6.45, 7) is 2.16. The zero-order valence-electron chi connectivity index (χ0n) is 11.4. The number of aryl methyl sites for hydroxylation is 1. The van der Waals surface area contributed by atoms with Crippen LogP contribution in [0.2, 0.25) is 0 Å². The molecule has 0 fully saturated rings. The number of hydrogen-bond donors (Lipinski definition) is 0. The van der Waals surface area contributed by atoms with Crippen LogP contribution in [0.5, 0.6) is 11.5 Å². The Morgan fingerprint density at radius 2 is 2.05 bits per heavy atom. The number of fused-ring (bicyclic) bond motifs is 2. The molecule has 4 rings (SSSR count). The first-order valence-corrected chi connectivity index (χ1v) is 6.59. The Labute approximate surface area is 120 Å². The smallest absolute Gasteiger partial charge is 0.231 e. The van der Waals surface area contributed by atoms with Crippen molar-refractivity contribution < 1.29 is 14.3 Å². The first kappa shape index (κ1) is 12.0. The Morgan fingerprint density at radius 1 is 1.19 bits per heavy atom. The van der Waals surface area contributed by atoms with Crippen LogP contribution < -0.4 is 9.47 Å². The summed E-state index contributed by atoms with van der Waals surface area (Å²) in [5, 5.41) is 0. The summed E-state index contributed by atoms with van der Waals surface area (Å²) in [4.78, 5) is 15.6. The highest BCUT2D eigenvalue weighted by Gasteiger charge is 2.15. The predicted molar refractivity (Wildman–Crippen MR) is 76.9 cm³/mol. The van der Waals surface area contributed by atoms with Crippen molar-refractivity contribution in [2.45, 2.75) is 6.92 Å². The Balaban J connectivity index is 1.85. The lowest BCUT2D eigenvalue weighted by molar-refractivity contribution is 0.112. The molecule has 104 valence electrons. The van der Waals surface area contributed by atoms with Crippen LogP contribution in [0.1, 0.15) is 15.9 Å². The van der Waals surface area contributed by atoms with Crippen molar-refractivity contribution in [2.24, 2.45) is 0 Å². The molecule has 0 spiro atoms. The zero-order valence-corrected chi connectivity index (χ0v) is 11.4. The molecule has 21 heavy (non-hydrogen) atoms. The van der Waals surface area contributed by atoms with Crippen molar-refractivity contribution in [3.63, 3.8) is 0 Å². The average molecular weight is 280 g/mol. The summed E-state index contributed by atoms with van der Waals surface area (Å²) in [5.41, 5.74) is 4.17. The summed E-state index contributed by atoms with van der Waals surface area (Å²) in [5.74, 6) is 1.48. The standard InChI is InChI=1S/C16H12N2O3/c1-10-4-16-17-13(7-18(16)6-12(10)8-19)11-2-3-14-15(5-11)21-9-20-14/h2-8H,9H2,1H3. The molecule has 0 bridgehead atoms. The van der Waals surface area contributed by atoms with Gasteiger partial charge < -0.3 is 13.9 Å². The van der Waals surface area contributed by atoms with Gasteiger partial charge in [0.15, 0.2) is 17.8 Å². The topological polar surface area (TPSA) is 52.8 Å². The fourth-order valence-corrected chi connectivity index (χ4v) is 2.47. The monoisotopic (exact) mass is 280 g/mol. The minimum absolute atomic E-state index is 0.256. The normalized spacial score (nSPS) is 12.8. The van der Waals surface area contributed by atoms with E-state index in [0.29, 0.717) is 5.56 Å². The van der Waals surface area contributed by atoms with Gasteiger partial charge in [-0.15, -0.1) is 0 Å². The summed E-state index contributed by atoms with van der Waals surface area (Å²) >= 11 is 0. The van der Waals surface area contributed by atoms with E-state index in [-0.39, 0.29) is 6.79 Å². The number of pyridine rings is 1. The highest BCUT2D eigenvalue weighted by Crippen LogP contribution is 2.35. The Morgan fingerprint density at radius 3 is 2.90 bits per heavy atom. The van der Waals surface area contributed by atoms with Gasteiger partial charge in [-0.1, -0.05) is 0 Å². The van der Waals surface area contributed by atoms with E-state index in [1.165, 1.54) is 0 Å². The highest BCUT2D eigenvalue weighted by atomic mass is 16.7. The van der Waals surface area contributed by atoms with E-state index in [0.717, 1.165) is 40.3 Å². The average Bonchev–Trinajstić information content (AvgIpc) is 3.11. The quantitative estimate of drug-likeness (QED) is 0.677. The molecule has 0 atom stereocenters. The molecule has 0 unspecified atom stereocenters. The van der Waals surface area contributed by atoms with Crippen LogP contribution in [0, 0.1) is 6.92 Å². The van der Waals surface area contributed by atoms with Gasteiger partial charge in [-0.2, -0.15) is 0 Å². The van der Waals surface area contributed by atoms with E-state index in [2.05, 4.69) is 4.98 Å². The molecule has 5 nitrogen and oxygen atoms in total. The third kappa shape index (κ3) is 1.86. The number of carbonyl (C=O) groups is 1. The van der Waals surface area contributed by atoms with E-state index in [1.54, 1.807) is 6.20 Å². The molecule has 0 N–H and O–H groups in total. The van der Waals surface area contributed by atoms with Gasteiger partial charge in [0.1, 0.15) is 5.65 Å². The first-order valence-electron chi connectivity index (χ1n) is 6.59. The lowest BCUT2D eigenvalue weighted by Gasteiger charge is -1.99. The number of rotatable bonds is 2. The highest BCUT2D eigenvalue weighted by molar-refractivity contribution is 5.78. The van der Waals surface area contributed by atoms with Crippen molar-refractivity contribution in [3.8, 4) is 22.8 Å². The second kappa shape index (κ2) is 4.34. The second-order valence-corrected chi connectivity index (χ2v) is 4.99. The largest absolute Gasteiger partial charge is 0.454 e. The van der Waals surface area contributed by atoms with Gasteiger partial charge in [-0.3, -0.25) is 4.79 Å². The molecule has 0 amide bonds. The first-order chi connectivity index (χ1) is 10.2. The van der Waals surface area contributed by atoms with Crippen LogP contribution >= 0.6 is 0 Å². The molecular weight excluding hydrogens is 268 g/mol. The number of nitrogens with zero attached hydrogens (tertiary/aromatic N) is 2. The SMILES string of the molecule is Cc1cc2nc(-c3ccc4c(c3)OCO4)cn2cc1C=O. The van der Waals surface area contributed by atoms with Crippen LogP contribution in [0.3, 0.4) is 0 Å². The third-order valence-corrected chi connectivity index (χ3v) is 3.64. The van der Waals surface area contributed by atoms with Gasteiger partial charge in [-0.25, -0.2) is 4.98 Å². The van der Waals surface area contributed by atoms with Crippen molar-refractivity contribution >= 4 is 11.9 Å². The number of benzene rings is 1. The van der Waals surface area contributed by atoms with Crippen LogP contribution in [0.4, 0.5) is 0 Å². The Hall–Kier alpha value is -2.82. The molecule has 0 saturated carbocycles. The minimum atomic E-state index is 0.256. The van der Waals surface area contributed by atoms with E-state index in [4.69, 9.17) is 9.47 Å². The lowest BCUT2D eigenvalue weighted by atomic mass is 10.1. The minimum Gasteiger partial charge on any atom is -0.454 e. The zero-order chi connectivity index (χ0) is 14.4. The van der Waals surface area contributed by atoms with Gasteiger partial charge in [0, 0.05) is 23.5 Å². The van der Waals surface area contributed by atoms with Crippen LogP contribution in [-0.4, -0.2) is 22.5 Å². The van der Waals surface area contributed by atoms with Crippen molar-refractivity contribution in [2.75, 3.05) is 6.79 Å². The number of aromatic nitrogens is 2. The molecule has 1 aliphatic heterocycles. The Bertz CT molecular complexity index is 867. The van der Waals surface area contributed by atoms with Crippen LogP contribution in [0.15, 0.2) is 36.7 Å². The third-order valence-electron chi connectivity index (χ3n) is 3.64. The fourth-order valence-electron chi connectivity index (χ4n) is 2.47. The molecular formula is C16H12N2O3. The number of imidazole rings is 1. The lowest BCUT2D eigenvalue weighted by Crippen LogP contribution is -1.92. The van der Waals surface area contributed by atoms with Gasteiger partial charge in [0.25, 0.3) is 0 Å². The number of carbonyl (C=O) groups excluding carboxylic acids is 1. The van der Waals surface area contributed by atoms with E-state index in [1.807, 2.05) is 41.8 Å². The summed E-state index contributed by atoms with van der Waals surface area (Å²) in [6.07, 6.45) is 4.55. The van der Waals surface area contributed by atoms with Gasteiger partial charge >= 0.3 is 0 Å². The predicted octanol–water partition coefficient (Wildman–Crippen LogP) is 2.85. The van der Waals surface area contributed by atoms with E-state index < -0.39 is 0 Å². The van der Waals surface area contributed by atoms with Gasteiger partial charge in [0.2, 0.25) is 6.79 Å². The molecule has 3 heterocycles.